The molecule has 0 bridgehead atoms. The van der Waals surface area contributed by atoms with Crippen molar-refractivity contribution in [2.24, 2.45) is 5.41 Å². The lowest BCUT2D eigenvalue weighted by Crippen LogP contribution is -2.59. The quantitative estimate of drug-likeness (QED) is 0.475. The Balaban J connectivity index is 2.55. The molecule has 142 valence electrons. The fourth-order valence-electron chi connectivity index (χ4n) is 2.15. The van der Waals surface area contributed by atoms with E-state index >= 15 is 0 Å². The smallest absolute Gasteiger partial charge is 0.312 e. The molecular weight excluding hydrogens is 320 g/mol. The Hall–Kier alpha value is -0.770. The average molecular weight is 350 g/mol. The standard InChI is InChI=1S/C16H30O8/c1-15(2,3)24-14(21)16(4,5)6-7-22-13-12(20)11(19)10(18)9(8-17)23-13/h9-13,17-20H,6-8H2,1-5H3. The van der Waals surface area contributed by atoms with Gasteiger partial charge in [0.2, 0.25) is 0 Å². The summed E-state index contributed by atoms with van der Waals surface area (Å²) in [5.74, 6) is -0.368. The Labute approximate surface area is 142 Å². The Kier molecular flexibility index (Phi) is 7.16. The Morgan fingerprint density at radius 2 is 1.62 bits per heavy atom. The third kappa shape index (κ3) is 5.65. The van der Waals surface area contributed by atoms with E-state index in [0.717, 1.165) is 0 Å². The maximum absolute atomic E-state index is 12.2. The summed E-state index contributed by atoms with van der Waals surface area (Å²) in [6, 6.07) is 0. The van der Waals surface area contributed by atoms with Crippen LogP contribution < -0.4 is 0 Å². The molecule has 8 heteroatoms. The van der Waals surface area contributed by atoms with Gasteiger partial charge in [0, 0.05) is 0 Å². The van der Waals surface area contributed by atoms with Crippen LogP contribution in [0.25, 0.3) is 0 Å². The Bertz CT molecular complexity index is 415. The number of hydrogen-bond donors (Lipinski definition) is 4. The number of rotatable bonds is 6. The fourth-order valence-corrected chi connectivity index (χ4v) is 2.15. The molecule has 0 spiro atoms. The first-order valence-corrected chi connectivity index (χ1v) is 8.04. The van der Waals surface area contributed by atoms with Crippen LogP contribution in [0.3, 0.4) is 0 Å². The number of aliphatic hydroxyl groups is 4. The summed E-state index contributed by atoms with van der Waals surface area (Å²) in [4.78, 5) is 12.2. The zero-order chi connectivity index (χ0) is 18.7. The van der Waals surface area contributed by atoms with Gasteiger partial charge >= 0.3 is 5.97 Å². The summed E-state index contributed by atoms with van der Waals surface area (Å²) in [7, 11) is 0. The predicted molar refractivity (Wildman–Crippen MR) is 84.0 cm³/mol. The van der Waals surface area contributed by atoms with Crippen LogP contribution in [0, 0.1) is 5.41 Å². The molecule has 1 fully saturated rings. The van der Waals surface area contributed by atoms with Gasteiger partial charge in [-0.3, -0.25) is 4.79 Å². The second kappa shape index (κ2) is 8.07. The summed E-state index contributed by atoms with van der Waals surface area (Å²) in [5, 5.41) is 38.4. The molecule has 1 aliphatic rings. The molecule has 0 saturated carbocycles. The van der Waals surface area contributed by atoms with E-state index in [9.17, 15) is 20.1 Å². The zero-order valence-corrected chi connectivity index (χ0v) is 14.9. The van der Waals surface area contributed by atoms with E-state index < -0.39 is 48.3 Å². The molecule has 24 heavy (non-hydrogen) atoms. The minimum Gasteiger partial charge on any atom is -0.460 e. The molecule has 1 saturated heterocycles. The van der Waals surface area contributed by atoms with Gasteiger partial charge in [0.05, 0.1) is 18.6 Å². The highest BCUT2D eigenvalue weighted by Gasteiger charge is 2.44. The second-order valence-electron chi connectivity index (χ2n) is 7.70. The number of hydrogen-bond acceptors (Lipinski definition) is 8. The van der Waals surface area contributed by atoms with Crippen LogP contribution in [-0.2, 0) is 19.0 Å². The van der Waals surface area contributed by atoms with Gasteiger partial charge in [-0.05, 0) is 41.0 Å². The monoisotopic (exact) mass is 350 g/mol. The van der Waals surface area contributed by atoms with Crippen LogP contribution >= 0.6 is 0 Å². The molecule has 1 heterocycles. The fraction of sp³-hybridized carbons (Fsp3) is 0.938. The predicted octanol–water partition coefficient (Wildman–Crippen LogP) is -0.439. The van der Waals surface area contributed by atoms with Crippen molar-refractivity contribution in [3.8, 4) is 0 Å². The van der Waals surface area contributed by atoms with Crippen molar-refractivity contribution >= 4 is 5.97 Å². The number of carbonyl (C=O) groups excluding carboxylic acids is 1. The van der Waals surface area contributed by atoms with Gasteiger partial charge in [0.25, 0.3) is 0 Å². The third-order valence-electron chi connectivity index (χ3n) is 3.81. The molecule has 0 aliphatic carbocycles. The van der Waals surface area contributed by atoms with Crippen LogP contribution in [0.1, 0.15) is 41.0 Å². The molecule has 4 N–H and O–H groups in total. The maximum Gasteiger partial charge on any atom is 0.312 e. The number of esters is 1. The van der Waals surface area contributed by atoms with E-state index in [-0.39, 0.29) is 12.6 Å². The molecule has 0 aromatic rings. The summed E-state index contributed by atoms with van der Waals surface area (Å²) in [6.07, 6.45) is -6.28. The molecule has 5 atom stereocenters. The number of aliphatic hydroxyl groups excluding tert-OH is 4. The molecule has 0 aromatic carbocycles. The summed E-state index contributed by atoms with van der Waals surface area (Å²) >= 11 is 0. The van der Waals surface area contributed by atoms with Crippen LogP contribution in [-0.4, -0.2) is 75.9 Å². The lowest BCUT2D eigenvalue weighted by molar-refractivity contribution is -0.301. The topological polar surface area (TPSA) is 126 Å². The van der Waals surface area contributed by atoms with Gasteiger partial charge in [0.15, 0.2) is 6.29 Å². The van der Waals surface area contributed by atoms with Crippen LogP contribution in [0.4, 0.5) is 0 Å². The van der Waals surface area contributed by atoms with Gasteiger partial charge in [-0.15, -0.1) is 0 Å². The first-order valence-electron chi connectivity index (χ1n) is 8.04. The molecule has 8 nitrogen and oxygen atoms in total. The van der Waals surface area contributed by atoms with Crippen molar-refractivity contribution in [1.29, 1.82) is 0 Å². The minimum absolute atomic E-state index is 0.0644. The molecule has 5 unspecified atom stereocenters. The number of carbonyl (C=O) groups is 1. The lowest BCUT2D eigenvalue weighted by atomic mass is 9.89. The van der Waals surface area contributed by atoms with E-state index in [2.05, 4.69) is 0 Å². The van der Waals surface area contributed by atoms with E-state index in [1.165, 1.54) is 0 Å². The van der Waals surface area contributed by atoms with Crippen molar-refractivity contribution in [1.82, 2.24) is 0 Å². The minimum atomic E-state index is -1.49. The average Bonchev–Trinajstić information content (AvgIpc) is 2.45. The maximum atomic E-state index is 12.2. The Morgan fingerprint density at radius 1 is 1.04 bits per heavy atom. The van der Waals surface area contributed by atoms with Crippen molar-refractivity contribution in [2.75, 3.05) is 13.2 Å². The molecule has 0 radical (unpaired) electrons. The SMILES string of the molecule is CC(C)(C)OC(=O)C(C)(C)CCOC1OC(CO)C(O)C(O)C1O. The van der Waals surface area contributed by atoms with Crippen LogP contribution in [0.15, 0.2) is 0 Å². The zero-order valence-electron chi connectivity index (χ0n) is 14.9. The van der Waals surface area contributed by atoms with E-state index in [0.29, 0.717) is 6.42 Å². The largest absolute Gasteiger partial charge is 0.460 e. The molecule has 0 aromatic heterocycles. The lowest BCUT2D eigenvalue weighted by Gasteiger charge is -2.39. The molecule has 1 aliphatic heterocycles. The van der Waals surface area contributed by atoms with Crippen molar-refractivity contribution in [2.45, 2.75) is 77.3 Å². The first kappa shape index (κ1) is 21.3. The molecule has 0 amide bonds. The summed E-state index contributed by atoms with van der Waals surface area (Å²) in [6.45, 7) is 8.33. The van der Waals surface area contributed by atoms with E-state index in [4.69, 9.17) is 19.3 Å². The van der Waals surface area contributed by atoms with Gasteiger partial charge in [0.1, 0.15) is 30.0 Å². The third-order valence-corrected chi connectivity index (χ3v) is 3.81. The molecular formula is C16H30O8. The van der Waals surface area contributed by atoms with Gasteiger partial charge < -0.3 is 34.6 Å². The van der Waals surface area contributed by atoms with E-state index in [1.54, 1.807) is 34.6 Å². The Morgan fingerprint density at radius 3 is 2.12 bits per heavy atom. The van der Waals surface area contributed by atoms with Gasteiger partial charge in [-0.1, -0.05) is 0 Å². The van der Waals surface area contributed by atoms with E-state index in [1.807, 2.05) is 0 Å². The first-order chi connectivity index (χ1) is 10.9. The van der Waals surface area contributed by atoms with Gasteiger partial charge in [-0.25, -0.2) is 0 Å². The van der Waals surface area contributed by atoms with Crippen molar-refractivity contribution in [3.05, 3.63) is 0 Å². The van der Waals surface area contributed by atoms with Crippen LogP contribution in [0.5, 0.6) is 0 Å². The second-order valence-corrected chi connectivity index (χ2v) is 7.70. The van der Waals surface area contributed by atoms with Crippen molar-refractivity contribution in [3.63, 3.8) is 0 Å². The highest BCUT2D eigenvalue weighted by Crippen LogP contribution is 2.27. The molecule has 1 rings (SSSR count). The van der Waals surface area contributed by atoms with Gasteiger partial charge in [-0.2, -0.15) is 0 Å². The highest BCUT2D eigenvalue weighted by molar-refractivity contribution is 5.76. The number of ether oxygens (including phenoxy) is 3. The highest BCUT2D eigenvalue weighted by atomic mass is 16.7. The van der Waals surface area contributed by atoms with Crippen molar-refractivity contribution < 1.29 is 39.4 Å². The summed E-state index contributed by atoms with van der Waals surface area (Å²) in [5.41, 5.74) is -1.39. The van der Waals surface area contributed by atoms with Crippen LogP contribution in [0.2, 0.25) is 0 Å². The summed E-state index contributed by atoms with van der Waals surface area (Å²) < 4.78 is 16.0. The normalized spacial score (nSPS) is 31.8.